The second kappa shape index (κ2) is 9.23. The first-order chi connectivity index (χ1) is 10.8. The van der Waals surface area contributed by atoms with Gasteiger partial charge in [0, 0.05) is 7.11 Å². The molecule has 0 aliphatic rings. The summed E-state index contributed by atoms with van der Waals surface area (Å²) in [4.78, 5) is 0. The van der Waals surface area contributed by atoms with Crippen LogP contribution in [0.4, 0.5) is 0 Å². The van der Waals surface area contributed by atoms with E-state index in [0.29, 0.717) is 12.5 Å². The molecule has 1 unspecified atom stereocenters. The zero-order valence-corrected chi connectivity index (χ0v) is 13.2. The fourth-order valence-corrected chi connectivity index (χ4v) is 2.63. The zero-order valence-electron chi connectivity index (χ0n) is 13.2. The van der Waals surface area contributed by atoms with Gasteiger partial charge in [0.2, 0.25) is 0 Å². The summed E-state index contributed by atoms with van der Waals surface area (Å²) in [5, 5.41) is 0. The summed E-state index contributed by atoms with van der Waals surface area (Å²) < 4.78 is 10.3. The molecule has 22 heavy (non-hydrogen) atoms. The van der Waals surface area contributed by atoms with Crippen LogP contribution >= 0.6 is 0 Å². The van der Waals surface area contributed by atoms with Gasteiger partial charge in [-0.2, -0.15) is 0 Å². The maximum absolute atomic E-state index is 5.79. The molecule has 1 atom stereocenters. The Morgan fingerprint density at radius 1 is 0.955 bits per heavy atom. The predicted octanol–water partition coefficient (Wildman–Crippen LogP) is 3.73. The third-order valence-corrected chi connectivity index (χ3v) is 3.83. The van der Waals surface area contributed by atoms with Gasteiger partial charge >= 0.3 is 0 Å². The lowest BCUT2D eigenvalue weighted by Gasteiger charge is -2.17. The Morgan fingerprint density at radius 3 is 2.32 bits per heavy atom. The van der Waals surface area contributed by atoms with Crippen molar-refractivity contribution in [3.63, 3.8) is 0 Å². The van der Waals surface area contributed by atoms with Crippen LogP contribution in [0.25, 0.3) is 0 Å². The van der Waals surface area contributed by atoms with Gasteiger partial charge in [-0.15, -0.1) is 0 Å². The Bertz CT molecular complexity index is 525. The maximum atomic E-state index is 5.79. The number of aryl methyl sites for hydroxylation is 1. The molecule has 0 saturated heterocycles. The molecule has 3 nitrogen and oxygen atoms in total. The monoisotopic (exact) mass is 299 g/mol. The van der Waals surface area contributed by atoms with Gasteiger partial charge in [0.1, 0.15) is 5.75 Å². The van der Waals surface area contributed by atoms with Crippen LogP contribution in [-0.2, 0) is 11.2 Å². The van der Waals surface area contributed by atoms with Crippen LogP contribution in [0, 0.1) is 0 Å². The highest BCUT2D eigenvalue weighted by Gasteiger charge is 2.11. The zero-order chi connectivity index (χ0) is 15.6. The molecular weight excluding hydrogens is 274 g/mol. The molecule has 2 rings (SSSR count). The number of rotatable bonds is 9. The summed E-state index contributed by atoms with van der Waals surface area (Å²) in [5.41, 5.74) is 8.49. The van der Waals surface area contributed by atoms with Crippen molar-refractivity contribution in [3.05, 3.63) is 65.7 Å². The molecule has 0 heterocycles. The first-order valence-corrected chi connectivity index (χ1v) is 7.79. The van der Waals surface area contributed by atoms with E-state index in [9.17, 15) is 0 Å². The van der Waals surface area contributed by atoms with Crippen LogP contribution < -0.4 is 10.5 Å². The molecule has 0 aliphatic heterocycles. The van der Waals surface area contributed by atoms with E-state index < -0.39 is 0 Å². The van der Waals surface area contributed by atoms with Gasteiger partial charge in [0.05, 0.1) is 0 Å². The molecule has 0 aliphatic carbocycles. The average molecular weight is 299 g/mol. The van der Waals surface area contributed by atoms with Crippen molar-refractivity contribution in [2.75, 3.05) is 20.4 Å². The van der Waals surface area contributed by atoms with Crippen LogP contribution in [0.5, 0.6) is 5.75 Å². The number of hydrogen-bond donors (Lipinski definition) is 1. The third-order valence-electron chi connectivity index (χ3n) is 3.83. The normalized spacial score (nSPS) is 12.1. The van der Waals surface area contributed by atoms with Crippen LogP contribution in [0.2, 0.25) is 0 Å². The van der Waals surface area contributed by atoms with Crippen molar-refractivity contribution in [3.8, 4) is 5.75 Å². The van der Waals surface area contributed by atoms with Crippen molar-refractivity contribution >= 4 is 0 Å². The molecule has 0 aromatic heterocycles. The highest BCUT2D eigenvalue weighted by molar-refractivity contribution is 5.29. The SMILES string of the molecule is COCOc1ccc(C(CCN)CCc2ccccc2)cc1. The number of ether oxygens (including phenoxy) is 2. The molecule has 0 fully saturated rings. The number of nitrogens with two attached hydrogens (primary N) is 1. The number of methoxy groups -OCH3 is 1. The summed E-state index contributed by atoms with van der Waals surface area (Å²) in [6.07, 6.45) is 3.19. The Morgan fingerprint density at radius 2 is 1.68 bits per heavy atom. The molecule has 0 radical (unpaired) electrons. The molecule has 3 heteroatoms. The van der Waals surface area contributed by atoms with Gasteiger partial charge in [0.25, 0.3) is 0 Å². The van der Waals surface area contributed by atoms with Crippen LogP contribution in [-0.4, -0.2) is 20.4 Å². The van der Waals surface area contributed by atoms with Gasteiger partial charge in [0.15, 0.2) is 6.79 Å². The Kier molecular flexibility index (Phi) is 6.94. The van der Waals surface area contributed by atoms with E-state index >= 15 is 0 Å². The van der Waals surface area contributed by atoms with Crippen LogP contribution in [0.3, 0.4) is 0 Å². The molecular formula is C19H25NO2. The van der Waals surface area contributed by atoms with E-state index in [1.807, 2.05) is 12.1 Å². The van der Waals surface area contributed by atoms with Crippen molar-refractivity contribution in [1.82, 2.24) is 0 Å². The predicted molar refractivity (Wildman–Crippen MR) is 90.1 cm³/mol. The number of benzene rings is 2. The van der Waals surface area contributed by atoms with Crippen LogP contribution in [0.15, 0.2) is 54.6 Å². The van der Waals surface area contributed by atoms with E-state index in [1.54, 1.807) is 7.11 Å². The first-order valence-electron chi connectivity index (χ1n) is 7.79. The highest BCUT2D eigenvalue weighted by atomic mass is 16.7. The largest absolute Gasteiger partial charge is 0.468 e. The van der Waals surface area contributed by atoms with Crippen molar-refractivity contribution in [2.45, 2.75) is 25.2 Å². The lowest BCUT2D eigenvalue weighted by atomic mass is 9.89. The van der Waals surface area contributed by atoms with E-state index in [2.05, 4.69) is 42.5 Å². The van der Waals surface area contributed by atoms with Crippen LogP contribution in [0.1, 0.15) is 29.9 Å². The van der Waals surface area contributed by atoms with E-state index in [1.165, 1.54) is 11.1 Å². The van der Waals surface area contributed by atoms with Gasteiger partial charge in [-0.25, -0.2) is 0 Å². The lowest BCUT2D eigenvalue weighted by molar-refractivity contribution is 0.0511. The van der Waals surface area contributed by atoms with Crippen molar-refractivity contribution in [2.24, 2.45) is 5.73 Å². The first kappa shape index (κ1) is 16.5. The minimum absolute atomic E-state index is 0.277. The highest BCUT2D eigenvalue weighted by Crippen LogP contribution is 2.26. The van der Waals surface area contributed by atoms with Gasteiger partial charge in [-0.05, 0) is 55.0 Å². The van der Waals surface area contributed by atoms with Gasteiger partial charge < -0.3 is 15.2 Å². The van der Waals surface area contributed by atoms with Crippen molar-refractivity contribution < 1.29 is 9.47 Å². The van der Waals surface area contributed by atoms with E-state index in [0.717, 1.165) is 25.0 Å². The summed E-state index contributed by atoms with van der Waals surface area (Å²) >= 11 is 0. The quantitative estimate of drug-likeness (QED) is 0.717. The summed E-state index contributed by atoms with van der Waals surface area (Å²) in [7, 11) is 1.62. The summed E-state index contributed by atoms with van der Waals surface area (Å²) in [6, 6.07) is 18.9. The van der Waals surface area contributed by atoms with E-state index in [4.69, 9.17) is 15.2 Å². The molecule has 0 bridgehead atoms. The fraction of sp³-hybridized carbons (Fsp3) is 0.368. The molecule has 2 aromatic carbocycles. The Labute approximate surface area is 133 Å². The number of hydrogen-bond acceptors (Lipinski definition) is 3. The second-order valence-electron chi connectivity index (χ2n) is 5.42. The lowest BCUT2D eigenvalue weighted by Crippen LogP contribution is -2.09. The second-order valence-corrected chi connectivity index (χ2v) is 5.42. The smallest absolute Gasteiger partial charge is 0.188 e. The van der Waals surface area contributed by atoms with Crippen molar-refractivity contribution in [1.29, 1.82) is 0 Å². The van der Waals surface area contributed by atoms with Gasteiger partial charge in [-0.1, -0.05) is 42.5 Å². The standard InChI is InChI=1S/C19H25NO2/c1-21-15-22-19-11-9-17(10-12-19)18(13-14-20)8-7-16-5-3-2-4-6-16/h2-6,9-12,18H,7-8,13-15,20H2,1H3. The topological polar surface area (TPSA) is 44.5 Å². The minimum Gasteiger partial charge on any atom is -0.468 e. The molecule has 2 N–H and O–H groups in total. The summed E-state index contributed by atoms with van der Waals surface area (Å²) in [6.45, 7) is 0.987. The maximum Gasteiger partial charge on any atom is 0.188 e. The Balaban J connectivity index is 1.97. The Hall–Kier alpha value is -1.84. The van der Waals surface area contributed by atoms with Gasteiger partial charge in [-0.3, -0.25) is 0 Å². The van der Waals surface area contributed by atoms with E-state index in [-0.39, 0.29) is 6.79 Å². The molecule has 0 saturated carbocycles. The molecule has 118 valence electrons. The molecule has 2 aromatic rings. The molecule has 0 spiro atoms. The fourth-order valence-electron chi connectivity index (χ4n) is 2.63. The molecule has 0 amide bonds. The minimum atomic E-state index is 0.277. The third kappa shape index (κ3) is 5.17. The average Bonchev–Trinajstić information content (AvgIpc) is 2.58. The summed E-state index contributed by atoms with van der Waals surface area (Å²) in [5.74, 6) is 1.32.